The van der Waals surface area contributed by atoms with Crippen LogP contribution in [-0.4, -0.2) is 11.5 Å². The first-order valence-electron chi connectivity index (χ1n) is 6.76. The van der Waals surface area contributed by atoms with Crippen LogP contribution in [0.2, 0.25) is 0 Å². The van der Waals surface area contributed by atoms with Crippen LogP contribution >= 0.6 is 0 Å². The molecule has 0 saturated carbocycles. The number of nitrogen functional groups attached to an aromatic ring is 1. The van der Waals surface area contributed by atoms with Crippen molar-refractivity contribution in [3.8, 4) is 0 Å². The van der Waals surface area contributed by atoms with Crippen molar-refractivity contribution >= 4 is 11.4 Å². The van der Waals surface area contributed by atoms with E-state index in [2.05, 4.69) is 6.92 Å². The fraction of sp³-hybridized carbons (Fsp3) is 0.571. The fourth-order valence-corrected chi connectivity index (χ4v) is 1.87. The normalized spacial score (nSPS) is 10.6. The van der Waals surface area contributed by atoms with E-state index in [1.807, 2.05) is 0 Å². The third-order valence-corrected chi connectivity index (χ3v) is 3.02. The first-order chi connectivity index (χ1) is 9.16. The molecule has 0 aliphatic heterocycles. The maximum Gasteiger partial charge on any atom is 0.292 e. The highest BCUT2D eigenvalue weighted by Crippen LogP contribution is 2.25. The lowest BCUT2D eigenvalue weighted by Gasteiger charge is -2.07. The molecule has 0 atom stereocenters. The maximum atomic E-state index is 10.7. The lowest BCUT2D eigenvalue weighted by atomic mass is 10.1. The van der Waals surface area contributed by atoms with Crippen LogP contribution in [0.3, 0.4) is 0 Å². The molecule has 0 bridgehead atoms. The average Bonchev–Trinajstić information content (AvgIpc) is 2.39. The Morgan fingerprint density at radius 2 is 2.00 bits per heavy atom. The molecule has 0 aliphatic rings. The van der Waals surface area contributed by atoms with Gasteiger partial charge in [0.1, 0.15) is 5.69 Å². The van der Waals surface area contributed by atoms with Gasteiger partial charge in [0.2, 0.25) is 0 Å². The van der Waals surface area contributed by atoms with E-state index in [1.54, 1.807) is 12.1 Å². The van der Waals surface area contributed by atoms with Gasteiger partial charge in [-0.25, -0.2) is 0 Å². The minimum Gasteiger partial charge on any atom is -0.393 e. The molecular weight excluding hydrogens is 244 g/mol. The van der Waals surface area contributed by atoms with Crippen molar-refractivity contribution in [2.24, 2.45) is 0 Å². The second-order valence-electron chi connectivity index (χ2n) is 4.57. The molecule has 1 rings (SSSR count). The van der Waals surface area contributed by atoms with Crippen molar-refractivity contribution in [1.82, 2.24) is 0 Å². The molecule has 1 aromatic carbocycles. The summed E-state index contributed by atoms with van der Waals surface area (Å²) >= 11 is 0. The second kappa shape index (κ2) is 8.48. The molecule has 0 radical (unpaired) electrons. The molecule has 2 N–H and O–H groups in total. The molecule has 0 unspecified atom stereocenters. The predicted octanol–water partition coefficient (Wildman–Crippen LogP) is 3.66. The van der Waals surface area contributed by atoms with Crippen molar-refractivity contribution in [3.63, 3.8) is 0 Å². The average molecular weight is 266 g/mol. The van der Waals surface area contributed by atoms with E-state index in [0.29, 0.717) is 18.8 Å². The van der Waals surface area contributed by atoms with E-state index in [0.717, 1.165) is 12.8 Å². The van der Waals surface area contributed by atoms with Crippen LogP contribution in [0.1, 0.15) is 44.6 Å². The van der Waals surface area contributed by atoms with Crippen LogP contribution < -0.4 is 5.73 Å². The third-order valence-electron chi connectivity index (χ3n) is 3.02. The van der Waals surface area contributed by atoms with Gasteiger partial charge in [-0.1, -0.05) is 44.7 Å². The Morgan fingerprint density at radius 1 is 1.26 bits per heavy atom. The fourth-order valence-electron chi connectivity index (χ4n) is 1.87. The highest BCUT2D eigenvalue weighted by molar-refractivity contribution is 5.62. The summed E-state index contributed by atoms with van der Waals surface area (Å²) in [6.07, 6.45) is 5.91. The van der Waals surface area contributed by atoms with Crippen molar-refractivity contribution in [3.05, 3.63) is 33.9 Å². The van der Waals surface area contributed by atoms with Gasteiger partial charge >= 0.3 is 0 Å². The van der Waals surface area contributed by atoms with Crippen LogP contribution in [0.5, 0.6) is 0 Å². The number of nitro benzene ring substituents is 1. The van der Waals surface area contributed by atoms with Crippen molar-refractivity contribution < 1.29 is 9.66 Å². The van der Waals surface area contributed by atoms with E-state index in [1.165, 1.54) is 25.3 Å². The van der Waals surface area contributed by atoms with Gasteiger partial charge < -0.3 is 10.5 Å². The van der Waals surface area contributed by atoms with E-state index < -0.39 is 4.92 Å². The summed E-state index contributed by atoms with van der Waals surface area (Å²) in [5.41, 5.74) is 6.58. The topological polar surface area (TPSA) is 78.4 Å². The Morgan fingerprint density at radius 3 is 2.68 bits per heavy atom. The number of nitrogens with zero attached hydrogens (tertiary/aromatic N) is 1. The largest absolute Gasteiger partial charge is 0.393 e. The van der Waals surface area contributed by atoms with Crippen LogP contribution in [-0.2, 0) is 11.3 Å². The highest BCUT2D eigenvalue weighted by atomic mass is 16.6. The van der Waals surface area contributed by atoms with Crippen LogP contribution in [0.15, 0.2) is 18.2 Å². The summed E-state index contributed by atoms with van der Waals surface area (Å²) in [6, 6.07) is 4.80. The van der Waals surface area contributed by atoms with Gasteiger partial charge in [0.15, 0.2) is 0 Å². The number of unbranched alkanes of at least 4 members (excludes halogenated alkanes) is 4. The van der Waals surface area contributed by atoms with Crippen molar-refractivity contribution in [1.29, 1.82) is 0 Å². The molecule has 0 heterocycles. The molecule has 0 saturated heterocycles. The summed E-state index contributed by atoms with van der Waals surface area (Å²) in [7, 11) is 0. The van der Waals surface area contributed by atoms with E-state index in [-0.39, 0.29) is 11.4 Å². The molecule has 0 aliphatic carbocycles. The number of nitro groups is 1. The standard InChI is InChI=1S/C14H22N2O3/c1-2-3-4-5-6-10-19-11-12-8-7-9-13(14(12)15)16(17)18/h7-9H,2-6,10-11,15H2,1H3. The van der Waals surface area contributed by atoms with E-state index >= 15 is 0 Å². The van der Waals surface area contributed by atoms with Gasteiger partial charge in [-0.05, 0) is 6.42 Å². The lowest BCUT2D eigenvalue weighted by Crippen LogP contribution is -2.02. The SMILES string of the molecule is CCCCCCCOCc1cccc([N+](=O)[O-])c1N. The molecule has 5 heteroatoms. The first-order valence-corrected chi connectivity index (χ1v) is 6.76. The minimum absolute atomic E-state index is 0.0518. The maximum absolute atomic E-state index is 10.7. The van der Waals surface area contributed by atoms with Gasteiger partial charge in [-0.2, -0.15) is 0 Å². The summed E-state index contributed by atoms with van der Waals surface area (Å²) in [4.78, 5) is 10.3. The first kappa shape index (κ1) is 15.4. The number of rotatable bonds is 9. The van der Waals surface area contributed by atoms with Gasteiger partial charge in [0, 0.05) is 18.2 Å². The van der Waals surface area contributed by atoms with E-state index in [9.17, 15) is 10.1 Å². The van der Waals surface area contributed by atoms with Gasteiger partial charge in [0.05, 0.1) is 11.5 Å². The zero-order chi connectivity index (χ0) is 14.1. The number of hydrogen-bond acceptors (Lipinski definition) is 4. The molecule has 5 nitrogen and oxygen atoms in total. The molecule has 19 heavy (non-hydrogen) atoms. The summed E-state index contributed by atoms with van der Waals surface area (Å²) in [5.74, 6) is 0. The van der Waals surface area contributed by atoms with Crippen LogP contribution in [0, 0.1) is 10.1 Å². The number of anilines is 1. The number of nitrogens with two attached hydrogens (primary N) is 1. The van der Waals surface area contributed by atoms with Crippen LogP contribution in [0.25, 0.3) is 0 Å². The third kappa shape index (κ3) is 5.26. The number of ether oxygens (including phenoxy) is 1. The zero-order valence-corrected chi connectivity index (χ0v) is 11.4. The Balaban J connectivity index is 2.33. The number of benzene rings is 1. The second-order valence-corrected chi connectivity index (χ2v) is 4.57. The summed E-state index contributed by atoms with van der Waals surface area (Å²) < 4.78 is 5.51. The van der Waals surface area contributed by atoms with Gasteiger partial charge in [-0.15, -0.1) is 0 Å². The molecule has 0 amide bonds. The Labute approximate surface area is 113 Å². The van der Waals surface area contributed by atoms with Crippen molar-refractivity contribution in [2.75, 3.05) is 12.3 Å². The number of para-hydroxylation sites is 1. The van der Waals surface area contributed by atoms with E-state index in [4.69, 9.17) is 10.5 Å². The monoisotopic (exact) mass is 266 g/mol. The predicted molar refractivity (Wildman–Crippen MR) is 75.9 cm³/mol. The van der Waals surface area contributed by atoms with Gasteiger partial charge in [0.25, 0.3) is 5.69 Å². The van der Waals surface area contributed by atoms with Crippen LogP contribution in [0.4, 0.5) is 11.4 Å². The lowest BCUT2D eigenvalue weighted by molar-refractivity contribution is -0.384. The molecule has 0 fully saturated rings. The molecule has 106 valence electrons. The molecule has 0 spiro atoms. The Hall–Kier alpha value is -1.62. The Kier molecular flexibility index (Phi) is 6.89. The highest BCUT2D eigenvalue weighted by Gasteiger charge is 2.13. The minimum atomic E-state index is -0.469. The quantitative estimate of drug-likeness (QED) is 0.320. The van der Waals surface area contributed by atoms with Gasteiger partial charge in [-0.3, -0.25) is 10.1 Å². The smallest absolute Gasteiger partial charge is 0.292 e. The summed E-state index contributed by atoms with van der Waals surface area (Å²) in [6.45, 7) is 3.19. The molecular formula is C14H22N2O3. The van der Waals surface area contributed by atoms with Crippen molar-refractivity contribution in [2.45, 2.75) is 45.6 Å². The zero-order valence-electron chi connectivity index (χ0n) is 11.4. The summed E-state index contributed by atoms with van der Waals surface area (Å²) in [5, 5.41) is 10.7. The molecule has 1 aromatic rings. The number of hydrogen-bond donors (Lipinski definition) is 1. The Bertz CT molecular complexity index is 408. The molecule has 0 aromatic heterocycles.